The van der Waals surface area contributed by atoms with Gasteiger partial charge in [-0.2, -0.15) is 0 Å². The first kappa shape index (κ1) is 21.5. The van der Waals surface area contributed by atoms with Crippen LogP contribution < -0.4 is 9.47 Å². The van der Waals surface area contributed by atoms with Gasteiger partial charge in [0.2, 0.25) is 12.2 Å². The minimum Gasteiger partial charge on any atom is -0.497 e. The molecule has 2 heterocycles. The second kappa shape index (κ2) is 9.10. The van der Waals surface area contributed by atoms with E-state index < -0.39 is 37.3 Å². The van der Waals surface area contributed by atoms with E-state index in [0.29, 0.717) is 13.0 Å². The van der Waals surface area contributed by atoms with Crippen LogP contribution in [0.1, 0.15) is 23.7 Å². The number of aliphatic hydroxyl groups excluding tert-OH is 4. The highest BCUT2D eigenvalue weighted by Crippen LogP contribution is 2.29. The maximum atomic E-state index is 10.3. The summed E-state index contributed by atoms with van der Waals surface area (Å²) in [6.07, 6.45) is -6.23. The van der Waals surface area contributed by atoms with E-state index in [2.05, 4.69) is 5.10 Å². The van der Waals surface area contributed by atoms with E-state index in [4.69, 9.17) is 14.2 Å². The van der Waals surface area contributed by atoms with Crippen LogP contribution in [-0.4, -0.2) is 74.6 Å². The molecule has 0 aliphatic carbocycles. The van der Waals surface area contributed by atoms with Gasteiger partial charge in [-0.05, 0) is 31.5 Å². The molecule has 0 saturated carbocycles. The van der Waals surface area contributed by atoms with Crippen molar-refractivity contribution >= 4 is 0 Å². The molecule has 1 fully saturated rings. The summed E-state index contributed by atoms with van der Waals surface area (Å²) < 4.78 is 18.2. The fourth-order valence-corrected chi connectivity index (χ4v) is 3.38. The predicted octanol–water partition coefficient (Wildman–Crippen LogP) is -0.0105. The molecular weight excluding hydrogens is 380 g/mol. The first-order valence-corrected chi connectivity index (χ1v) is 9.56. The van der Waals surface area contributed by atoms with Crippen LogP contribution in [-0.2, 0) is 17.7 Å². The molecule has 5 atom stereocenters. The average Bonchev–Trinajstić information content (AvgIpc) is 3.03. The number of hydrogen-bond acceptors (Lipinski definition) is 8. The standard InChI is InChI=1S/C20H28N2O7/c1-4-22-11(2)14(9-12-5-7-13(27-3)8-6-12)19(21-22)29-20-18(26)17(25)16(24)15(10-23)28-20/h5-8,15-18,20,23-26H,4,9-10H2,1-3H3/t15-,16-,17+,18-,20?/m1/s1. The van der Waals surface area contributed by atoms with Crippen molar-refractivity contribution < 1.29 is 34.6 Å². The Balaban J connectivity index is 1.86. The second-order valence-corrected chi connectivity index (χ2v) is 7.02. The summed E-state index contributed by atoms with van der Waals surface area (Å²) in [5, 5.41) is 44.0. The molecule has 3 rings (SSSR count). The molecule has 2 aromatic rings. The van der Waals surface area contributed by atoms with Crippen molar-refractivity contribution in [2.75, 3.05) is 13.7 Å². The zero-order chi connectivity index (χ0) is 21.1. The molecule has 0 amide bonds. The molecule has 1 unspecified atom stereocenters. The van der Waals surface area contributed by atoms with Crippen LogP contribution in [0.2, 0.25) is 0 Å². The Morgan fingerprint density at radius 2 is 1.79 bits per heavy atom. The Morgan fingerprint density at radius 1 is 1.10 bits per heavy atom. The maximum absolute atomic E-state index is 10.3. The minimum atomic E-state index is -1.51. The number of nitrogens with zero attached hydrogens (tertiary/aromatic N) is 2. The summed E-state index contributed by atoms with van der Waals surface area (Å²) in [5.74, 6) is 1.03. The summed E-state index contributed by atoms with van der Waals surface area (Å²) in [6, 6.07) is 7.62. The van der Waals surface area contributed by atoms with E-state index in [1.54, 1.807) is 11.8 Å². The van der Waals surface area contributed by atoms with E-state index in [9.17, 15) is 20.4 Å². The van der Waals surface area contributed by atoms with Crippen molar-refractivity contribution in [3.05, 3.63) is 41.1 Å². The van der Waals surface area contributed by atoms with Crippen LogP contribution >= 0.6 is 0 Å². The highest BCUT2D eigenvalue weighted by atomic mass is 16.7. The Labute approximate surface area is 169 Å². The monoisotopic (exact) mass is 408 g/mol. The third-order valence-electron chi connectivity index (χ3n) is 5.21. The van der Waals surface area contributed by atoms with E-state index in [-0.39, 0.29) is 5.88 Å². The third kappa shape index (κ3) is 4.39. The number of aromatic nitrogens is 2. The van der Waals surface area contributed by atoms with Gasteiger partial charge in [-0.15, -0.1) is 5.10 Å². The van der Waals surface area contributed by atoms with Gasteiger partial charge >= 0.3 is 0 Å². The molecule has 1 saturated heterocycles. The Kier molecular flexibility index (Phi) is 6.76. The van der Waals surface area contributed by atoms with Gasteiger partial charge in [0.25, 0.3) is 0 Å². The Hall–Kier alpha value is -2.17. The fraction of sp³-hybridized carbons (Fsp3) is 0.550. The van der Waals surface area contributed by atoms with Crippen molar-refractivity contribution in [3.63, 3.8) is 0 Å². The molecule has 1 aromatic heterocycles. The van der Waals surface area contributed by atoms with Gasteiger partial charge < -0.3 is 34.6 Å². The van der Waals surface area contributed by atoms with Crippen LogP contribution in [0.4, 0.5) is 0 Å². The van der Waals surface area contributed by atoms with Crippen molar-refractivity contribution in [1.82, 2.24) is 9.78 Å². The van der Waals surface area contributed by atoms with Gasteiger partial charge in [0, 0.05) is 24.2 Å². The van der Waals surface area contributed by atoms with Gasteiger partial charge in [-0.25, -0.2) is 0 Å². The third-order valence-corrected chi connectivity index (χ3v) is 5.21. The highest BCUT2D eigenvalue weighted by Gasteiger charge is 2.45. The molecule has 0 spiro atoms. The topological polar surface area (TPSA) is 126 Å². The quantitative estimate of drug-likeness (QED) is 0.504. The lowest BCUT2D eigenvalue weighted by atomic mass is 9.99. The highest BCUT2D eigenvalue weighted by molar-refractivity contribution is 5.38. The lowest BCUT2D eigenvalue weighted by molar-refractivity contribution is -0.278. The summed E-state index contributed by atoms with van der Waals surface area (Å²) >= 11 is 0. The number of aryl methyl sites for hydroxylation is 1. The minimum absolute atomic E-state index is 0.268. The van der Waals surface area contributed by atoms with Crippen LogP contribution in [0.5, 0.6) is 11.6 Å². The molecule has 9 nitrogen and oxygen atoms in total. The lowest BCUT2D eigenvalue weighted by Gasteiger charge is -2.39. The van der Waals surface area contributed by atoms with Gasteiger partial charge in [0.1, 0.15) is 30.2 Å². The number of benzene rings is 1. The largest absolute Gasteiger partial charge is 0.497 e. The van der Waals surface area contributed by atoms with Gasteiger partial charge in [-0.1, -0.05) is 12.1 Å². The summed E-state index contributed by atoms with van der Waals surface area (Å²) in [7, 11) is 1.61. The van der Waals surface area contributed by atoms with Crippen molar-refractivity contribution in [1.29, 1.82) is 0 Å². The fourth-order valence-electron chi connectivity index (χ4n) is 3.38. The van der Waals surface area contributed by atoms with Gasteiger partial charge in [0.15, 0.2) is 0 Å². The average molecular weight is 408 g/mol. The molecule has 4 N–H and O–H groups in total. The van der Waals surface area contributed by atoms with E-state index in [0.717, 1.165) is 22.6 Å². The van der Waals surface area contributed by atoms with Crippen LogP contribution in [0, 0.1) is 6.92 Å². The molecule has 1 aromatic carbocycles. The maximum Gasteiger partial charge on any atom is 0.239 e. The first-order chi connectivity index (χ1) is 13.9. The number of rotatable bonds is 7. The Bertz CT molecular complexity index is 806. The SMILES string of the molecule is CCn1nc(OC2O[C@H](CO)[C@@H](O)[C@H](O)[C@H]2O)c(Cc2ccc(OC)cc2)c1C. The normalized spacial score (nSPS) is 27.1. The van der Waals surface area contributed by atoms with Crippen molar-refractivity contribution in [3.8, 4) is 11.6 Å². The van der Waals surface area contributed by atoms with Crippen molar-refractivity contribution in [2.24, 2.45) is 0 Å². The van der Waals surface area contributed by atoms with Crippen LogP contribution in [0.25, 0.3) is 0 Å². The zero-order valence-corrected chi connectivity index (χ0v) is 16.7. The van der Waals surface area contributed by atoms with Gasteiger partial charge in [0.05, 0.1) is 13.7 Å². The van der Waals surface area contributed by atoms with E-state index in [1.807, 2.05) is 38.1 Å². The number of aliphatic hydroxyl groups is 4. The smallest absolute Gasteiger partial charge is 0.239 e. The first-order valence-electron chi connectivity index (χ1n) is 9.56. The molecular formula is C20H28N2O7. The summed E-state index contributed by atoms with van der Waals surface area (Å²) in [6.45, 7) is 3.98. The molecule has 0 bridgehead atoms. The molecule has 0 radical (unpaired) electrons. The van der Waals surface area contributed by atoms with E-state index >= 15 is 0 Å². The molecule has 29 heavy (non-hydrogen) atoms. The second-order valence-electron chi connectivity index (χ2n) is 7.02. The molecule has 160 valence electrons. The van der Waals surface area contributed by atoms with Crippen LogP contribution in [0.3, 0.4) is 0 Å². The van der Waals surface area contributed by atoms with Crippen LogP contribution in [0.15, 0.2) is 24.3 Å². The van der Waals surface area contributed by atoms with Gasteiger partial charge in [-0.3, -0.25) is 4.68 Å². The number of methoxy groups -OCH3 is 1. The summed E-state index contributed by atoms with van der Waals surface area (Å²) in [4.78, 5) is 0. The van der Waals surface area contributed by atoms with E-state index in [1.165, 1.54) is 0 Å². The molecule has 1 aliphatic rings. The molecule has 1 aliphatic heterocycles. The predicted molar refractivity (Wildman–Crippen MR) is 103 cm³/mol. The zero-order valence-electron chi connectivity index (χ0n) is 16.7. The summed E-state index contributed by atoms with van der Waals surface area (Å²) in [5.41, 5.74) is 2.74. The number of hydrogen-bond donors (Lipinski definition) is 4. The molecule has 9 heteroatoms. The van der Waals surface area contributed by atoms with Crippen molar-refractivity contribution in [2.45, 2.75) is 57.5 Å². The Morgan fingerprint density at radius 3 is 2.38 bits per heavy atom. The number of ether oxygens (including phenoxy) is 3. The lowest BCUT2D eigenvalue weighted by Crippen LogP contribution is -2.60.